The van der Waals surface area contributed by atoms with E-state index >= 15 is 0 Å². The molecule has 1 saturated heterocycles. The number of nitrogens with zero attached hydrogens (tertiary/aromatic N) is 2. The van der Waals surface area contributed by atoms with Crippen LogP contribution in [-0.4, -0.2) is 28.9 Å². The highest BCUT2D eigenvalue weighted by Gasteiger charge is 2.25. The fourth-order valence-electron chi connectivity index (χ4n) is 3.54. The maximum Gasteiger partial charge on any atom is 0.222 e. The number of aryl methyl sites for hydroxylation is 1. The summed E-state index contributed by atoms with van der Waals surface area (Å²) in [4.78, 5) is 19.3. The van der Waals surface area contributed by atoms with Crippen molar-refractivity contribution in [2.45, 2.75) is 31.6 Å². The third-order valence-electron chi connectivity index (χ3n) is 5.02. The number of piperidine rings is 1. The normalized spacial score (nSPS) is 15.5. The van der Waals surface area contributed by atoms with E-state index < -0.39 is 0 Å². The molecule has 1 aliphatic rings. The van der Waals surface area contributed by atoms with Crippen molar-refractivity contribution in [3.05, 3.63) is 64.1 Å². The van der Waals surface area contributed by atoms with Crippen LogP contribution in [0.5, 0.6) is 0 Å². The molecule has 26 heavy (non-hydrogen) atoms. The van der Waals surface area contributed by atoms with Crippen LogP contribution in [0.1, 0.15) is 35.8 Å². The summed E-state index contributed by atoms with van der Waals surface area (Å²) in [5.41, 5.74) is 2.21. The highest BCUT2D eigenvalue weighted by Crippen LogP contribution is 2.33. The van der Waals surface area contributed by atoms with E-state index in [-0.39, 0.29) is 5.91 Å². The summed E-state index contributed by atoms with van der Waals surface area (Å²) in [6, 6.07) is 16.1. The van der Waals surface area contributed by atoms with Crippen LogP contribution < -0.4 is 0 Å². The summed E-state index contributed by atoms with van der Waals surface area (Å²) in [5.74, 6) is 0.720. The number of likely N-dealkylation sites (tertiary alicyclic amines) is 1. The summed E-state index contributed by atoms with van der Waals surface area (Å²) in [6.07, 6.45) is 3.30. The third-order valence-corrected chi connectivity index (χ3v) is 6.46. The van der Waals surface area contributed by atoms with Gasteiger partial charge in [-0.15, -0.1) is 11.3 Å². The van der Waals surface area contributed by atoms with E-state index in [2.05, 4.69) is 18.2 Å². The second-order valence-electron chi connectivity index (χ2n) is 6.80. The van der Waals surface area contributed by atoms with E-state index in [0.29, 0.717) is 12.3 Å². The minimum absolute atomic E-state index is 0.243. The van der Waals surface area contributed by atoms with Gasteiger partial charge >= 0.3 is 0 Å². The van der Waals surface area contributed by atoms with Crippen LogP contribution >= 0.6 is 22.9 Å². The van der Waals surface area contributed by atoms with Crippen LogP contribution in [0.4, 0.5) is 0 Å². The zero-order valence-corrected chi connectivity index (χ0v) is 16.1. The molecule has 1 fully saturated rings. The highest BCUT2D eigenvalue weighted by molar-refractivity contribution is 7.18. The monoisotopic (exact) mass is 384 g/mol. The maximum absolute atomic E-state index is 12.5. The predicted molar refractivity (Wildman–Crippen MR) is 108 cm³/mol. The van der Waals surface area contributed by atoms with Gasteiger partial charge in [0.25, 0.3) is 0 Å². The molecule has 0 unspecified atom stereocenters. The lowest BCUT2D eigenvalue weighted by molar-refractivity contribution is -0.132. The molecule has 3 nitrogen and oxygen atoms in total. The van der Waals surface area contributed by atoms with Gasteiger partial charge in [-0.3, -0.25) is 4.79 Å². The van der Waals surface area contributed by atoms with Gasteiger partial charge in [0.2, 0.25) is 5.91 Å². The molecule has 3 aromatic rings. The van der Waals surface area contributed by atoms with Crippen molar-refractivity contribution in [2.75, 3.05) is 13.1 Å². The first kappa shape index (κ1) is 17.5. The smallest absolute Gasteiger partial charge is 0.222 e. The van der Waals surface area contributed by atoms with E-state index in [1.807, 2.05) is 35.2 Å². The van der Waals surface area contributed by atoms with Gasteiger partial charge in [0, 0.05) is 30.5 Å². The Labute approximate surface area is 162 Å². The zero-order valence-electron chi connectivity index (χ0n) is 14.5. The molecule has 1 amide bonds. The SMILES string of the molecule is O=C(CCc1cccc(Cl)c1)N1CCC(c2nc3ccccc3s2)CC1. The molecule has 0 bridgehead atoms. The van der Waals surface area contributed by atoms with Crippen molar-refractivity contribution in [3.63, 3.8) is 0 Å². The number of halogens is 1. The number of hydrogen-bond acceptors (Lipinski definition) is 3. The molecule has 0 aliphatic carbocycles. The first-order chi connectivity index (χ1) is 12.7. The van der Waals surface area contributed by atoms with Crippen molar-refractivity contribution >= 4 is 39.1 Å². The van der Waals surface area contributed by atoms with Gasteiger partial charge in [0.1, 0.15) is 0 Å². The predicted octanol–water partition coefficient (Wildman–Crippen LogP) is 5.29. The Morgan fingerprint density at radius 2 is 1.96 bits per heavy atom. The lowest BCUT2D eigenvalue weighted by Gasteiger charge is -2.31. The molecule has 0 saturated carbocycles. The summed E-state index contributed by atoms with van der Waals surface area (Å²) >= 11 is 7.81. The van der Waals surface area contributed by atoms with Gasteiger partial charge in [0.05, 0.1) is 15.2 Å². The van der Waals surface area contributed by atoms with Crippen LogP contribution in [-0.2, 0) is 11.2 Å². The summed E-state index contributed by atoms with van der Waals surface area (Å²) in [6.45, 7) is 1.66. The van der Waals surface area contributed by atoms with E-state index in [1.54, 1.807) is 11.3 Å². The molecular weight excluding hydrogens is 364 g/mol. The number of amides is 1. The van der Waals surface area contributed by atoms with Gasteiger partial charge < -0.3 is 4.90 Å². The Bertz CT molecular complexity index is 882. The fraction of sp³-hybridized carbons (Fsp3) is 0.333. The number of rotatable bonds is 4. The Morgan fingerprint density at radius 3 is 2.73 bits per heavy atom. The second kappa shape index (κ2) is 7.77. The van der Waals surface area contributed by atoms with Crippen LogP contribution in [0.2, 0.25) is 5.02 Å². The van der Waals surface area contributed by atoms with E-state index in [1.165, 1.54) is 9.71 Å². The first-order valence-electron chi connectivity index (χ1n) is 9.07. The molecule has 134 valence electrons. The van der Waals surface area contributed by atoms with Gasteiger partial charge in [-0.05, 0) is 49.1 Å². The number of para-hydroxylation sites is 1. The molecule has 0 radical (unpaired) electrons. The Morgan fingerprint density at radius 1 is 1.15 bits per heavy atom. The topological polar surface area (TPSA) is 33.2 Å². The number of benzene rings is 2. The number of thiazole rings is 1. The van der Waals surface area contributed by atoms with E-state index in [0.717, 1.165) is 48.5 Å². The van der Waals surface area contributed by atoms with Crippen molar-refractivity contribution in [1.82, 2.24) is 9.88 Å². The molecule has 5 heteroatoms. The highest BCUT2D eigenvalue weighted by atomic mass is 35.5. The van der Waals surface area contributed by atoms with Crippen molar-refractivity contribution in [1.29, 1.82) is 0 Å². The van der Waals surface area contributed by atoms with Crippen LogP contribution in [0.3, 0.4) is 0 Å². The van der Waals surface area contributed by atoms with Crippen LogP contribution in [0, 0.1) is 0 Å². The lowest BCUT2D eigenvalue weighted by Crippen LogP contribution is -2.38. The standard InChI is InChI=1S/C21H21ClN2OS/c22-17-5-3-4-15(14-17)8-9-20(25)24-12-10-16(11-13-24)21-23-18-6-1-2-7-19(18)26-21/h1-7,14,16H,8-13H2. The number of carbonyl (C=O) groups excluding carboxylic acids is 1. The molecule has 0 spiro atoms. The molecule has 4 rings (SSSR count). The van der Waals surface area contributed by atoms with Crippen molar-refractivity contribution in [2.24, 2.45) is 0 Å². The Hall–Kier alpha value is -1.91. The number of carbonyl (C=O) groups is 1. The molecule has 2 heterocycles. The second-order valence-corrected chi connectivity index (χ2v) is 8.30. The average Bonchev–Trinajstić information content (AvgIpc) is 3.10. The lowest BCUT2D eigenvalue weighted by atomic mass is 9.97. The van der Waals surface area contributed by atoms with Crippen molar-refractivity contribution < 1.29 is 4.79 Å². The maximum atomic E-state index is 12.5. The van der Waals surface area contributed by atoms with Gasteiger partial charge in [-0.2, -0.15) is 0 Å². The zero-order chi connectivity index (χ0) is 17.9. The molecular formula is C21H21ClN2OS. The summed E-state index contributed by atoms with van der Waals surface area (Å²) in [5, 5.41) is 1.95. The van der Waals surface area contributed by atoms with E-state index in [4.69, 9.17) is 16.6 Å². The molecule has 0 atom stereocenters. The van der Waals surface area contributed by atoms with Crippen LogP contribution in [0.25, 0.3) is 10.2 Å². The largest absolute Gasteiger partial charge is 0.343 e. The quantitative estimate of drug-likeness (QED) is 0.612. The number of fused-ring (bicyclic) bond motifs is 1. The molecule has 1 aromatic heterocycles. The van der Waals surface area contributed by atoms with E-state index in [9.17, 15) is 4.79 Å². The minimum atomic E-state index is 0.243. The van der Waals surface area contributed by atoms with Gasteiger partial charge in [-0.1, -0.05) is 35.9 Å². The Balaban J connectivity index is 1.32. The van der Waals surface area contributed by atoms with Gasteiger partial charge in [0.15, 0.2) is 0 Å². The van der Waals surface area contributed by atoms with Crippen LogP contribution in [0.15, 0.2) is 48.5 Å². The minimum Gasteiger partial charge on any atom is -0.343 e. The third kappa shape index (κ3) is 3.92. The summed E-state index contributed by atoms with van der Waals surface area (Å²) < 4.78 is 1.25. The van der Waals surface area contributed by atoms with Crippen molar-refractivity contribution in [3.8, 4) is 0 Å². The molecule has 1 aliphatic heterocycles. The Kier molecular flexibility index (Phi) is 5.23. The number of hydrogen-bond donors (Lipinski definition) is 0. The average molecular weight is 385 g/mol. The summed E-state index contributed by atoms with van der Waals surface area (Å²) in [7, 11) is 0. The first-order valence-corrected chi connectivity index (χ1v) is 10.3. The molecule has 0 N–H and O–H groups in total. The molecule has 2 aromatic carbocycles. The number of aromatic nitrogens is 1. The fourth-order valence-corrected chi connectivity index (χ4v) is 4.89. The van der Waals surface area contributed by atoms with Gasteiger partial charge in [-0.25, -0.2) is 4.98 Å².